The summed E-state index contributed by atoms with van der Waals surface area (Å²) in [7, 11) is 0. The van der Waals surface area contributed by atoms with Crippen molar-refractivity contribution in [2.75, 3.05) is 85.5 Å². The molecule has 36 heteroatoms. The first-order chi connectivity index (χ1) is 67.3. The molecule has 1 saturated carbocycles. The zero-order valence-electron chi connectivity index (χ0n) is 78.7. The monoisotopic (exact) mass is 2090 g/mol. The third kappa shape index (κ3) is 29.9. The number of hydrogen-bond acceptors (Lipinski definition) is 17. The number of carbonyl (C=O) groups excluding carboxylic acids is 9. The molecule has 0 bridgehead atoms. The lowest BCUT2D eigenvalue weighted by Gasteiger charge is -2.40. The molecule has 1 aliphatic carbocycles. The highest BCUT2D eigenvalue weighted by Gasteiger charge is 2.51. The van der Waals surface area contributed by atoms with Crippen LogP contribution in [0.1, 0.15) is 187 Å². The Morgan fingerprint density at radius 2 is 0.796 bits per heavy atom. The van der Waals surface area contributed by atoms with Gasteiger partial charge in [-0.25, -0.2) is 29.5 Å². The highest BCUT2D eigenvalue weighted by Crippen LogP contribution is 2.53. The lowest BCUT2D eigenvalue weighted by molar-refractivity contribution is -0.665. The summed E-state index contributed by atoms with van der Waals surface area (Å²) in [5.74, 6) is -4.51. The van der Waals surface area contributed by atoms with Gasteiger partial charge in [-0.15, -0.1) is 0 Å². The molecule has 4 spiro atoms. The van der Waals surface area contributed by atoms with Gasteiger partial charge in [-0.1, -0.05) is 221 Å². The molecule has 18 rings (SSSR count). The molecule has 142 heavy (non-hydrogen) atoms. The molecule has 23 nitrogen and oxygen atoms in total. The number of aldehydes is 1. The fourth-order valence-corrected chi connectivity index (χ4v) is 19.5. The van der Waals surface area contributed by atoms with Gasteiger partial charge >= 0.3 is 24.5 Å². The minimum absolute atomic E-state index is 0.00606. The molecule has 7 aliphatic heterocycles. The molecule has 0 unspecified atom stereocenters. The second kappa shape index (κ2) is 49.5. The first-order valence-electron chi connectivity index (χ1n) is 45.9. The Hall–Kier alpha value is -11.8. The molecule has 3 saturated heterocycles. The molecule has 5 amide bonds. The van der Waals surface area contributed by atoms with Crippen LogP contribution in [0.4, 0.5) is 58.7 Å². The van der Waals surface area contributed by atoms with Gasteiger partial charge in [0.15, 0.2) is 4.84 Å². The van der Waals surface area contributed by atoms with Crippen LogP contribution in [0.25, 0.3) is 12.2 Å². The molecule has 6 aromatic carbocycles. The molecule has 0 atom stereocenters. The second-order valence-corrected chi connectivity index (χ2v) is 40.1. The summed E-state index contributed by atoms with van der Waals surface area (Å²) in [4.78, 5) is 126. The van der Waals surface area contributed by atoms with Gasteiger partial charge in [0, 0.05) is 157 Å². The van der Waals surface area contributed by atoms with Crippen molar-refractivity contribution in [2.24, 2.45) is 5.92 Å². The number of halogens is 13. The van der Waals surface area contributed by atoms with Crippen molar-refractivity contribution >= 4 is 169 Å². The number of Topliss-reactive ketones (excluding diaryl/α,β-unsaturated/α-hetero) is 1. The third-order valence-electron chi connectivity index (χ3n) is 25.3. The molecule has 10 aromatic rings. The SMILES string of the molecule is CC(C)(C)OC(=O)N1CCC2(CC1)CN(C(=O)c1ccnc(Cl)c1)c1ccccc12.CC(C)(C)OC(=O)N1CCC2(CC1)CNc1ccccc12.O=C(C(Cl)Cl)C(F)(F)F.O=C(Cl)c1ccnc(Cl)c1.O=C([O-])C(F)(F)F.O=C(c1ccnc(Cl)c1)N1CC2(CCC(C/C=C/c3ccccc3)CC2)c2ccccc21.O=C(c1ccnc(Cl)c1)N1CC2(CC[NH2+]CC2)c2ccccc21.O=C/C=C/c1ccccc1. The van der Waals surface area contributed by atoms with Crippen LogP contribution in [0.3, 0.4) is 0 Å². The highest BCUT2D eigenvalue weighted by molar-refractivity contribution is 6.67. The van der Waals surface area contributed by atoms with E-state index in [1.807, 2.05) is 122 Å². The standard InChI is InChI=1S/C28H27ClN2O.C23H26ClN3O3.C18H18ClN3O.C17H24N2O2.C9H8O.C6H3Cl2NO.C3HCl2F3O.C2HF3O2/c29-26-19-23(15-18-30-26)27(32)31-20-28(24-11-4-5-12-25(24)31)16-13-22(14-17-28)10-6-9-21-7-2-1-3-8-21;1-22(2,3)30-21(29)26-12-9-23(10-13-26)15-27(18-7-5-4-6-17(18)23)20(28)16-8-11-25-19(24)14-16;19-16-11-13(5-8-21-16)17(23)22-12-18(6-9-20-10-7-18)14-3-1-2-4-15(14)22;1-16(2,3)21-15(20)19-10-8-17(9-11-19)12-18-14-7-5-4-6-13(14)17;10-8-4-7-9-5-2-1-3-6-9;7-5-3-4(6(8)10)1-2-9-5;4-2(5)1(9)3(6,7)8;3-2(4,5)1(6)7/h1-9,11-12,15,18-19,22H,10,13-14,16-17,20H2;4-8,11,14H,9-10,12-13,15H2,1-3H3;1-5,8,11,20H,6-7,9-10,12H2;4-7,18H,8-12H2,1-3H3;1-8H;1-3H;2H;(H,6,7)/b9-6+;;;;7-4+;;;. The zero-order valence-corrected chi connectivity index (χ0v) is 84.0. The van der Waals surface area contributed by atoms with Crippen LogP contribution in [-0.2, 0) is 45.5 Å². The van der Waals surface area contributed by atoms with Gasteiger partial charge in [-0.05, 0) is 229 Å². The predicted molar refractivity (Wildman–Crippen MR) is 539 cm³/mol. The number of carboxylic acids is 1. The zero-order chi connectivity index (χ0) is 103. The number of piperidine rings is 3. The Balaban J connectivity index is 0.000000163. The van der Waals surface area contributed by atoms with Gasteiger partial charge in [-0.2, -0.15) is 26.3 Å². The van der Waals surface area contributed by atoms with Gasteiger partial charge in [0.25, 0.3) is 28.7 Å². The third-order valence-corrected chi connectivity index (χ3v) is 26.8. The number of benzene rings is 6. The summed E-state index contributed by atoms with van der Waals surface area (Å²) in [6.45, 7) is 19.4. The molecule has 11 heterocycles. The van der Waals surface area contributed by atoms with Crippen molar-refractivity contribution in [1.82, 2.24) is 29.7 Å². The number of likely N-dealkylation sites (tertiary alicyclic amines) is 2. The number of amides is 5. The summed E-state index contributed by atoms with van der Waals surface area (Å²) in [6.07, 6.45) is 15.7. The van der Waals surface area contributed by atoms with Crippen LogP contribution in [0.15, 0.2) is 243 Å². The first-order valence-corrected chi connectivity index (χ1v) is 48.7. The number of alkyl halides is 8. The molecule has 750 valence electrons. The lowest BCUT2D eigenvalue weighted by atomic mass is 9.67. The minimum atomic E-state index is -5.19. The van der Waals surface area contributed by atoms with E-state index in [1.54, 1.807) is 66.0 Å². The number of aromatic nitrogens is 4. The van der Waals surface area contributed by atoms with Crippen molar-refractivity contribution in [1.29, 1.82) is 0 Å². The molecule has 4 aromatic heterocycles. The molecular formula is C106H108Cl7F6N11O12. The Morgan fingerprint density at radius 3 is 1.14 bits per heavy atom. The van der Waals surface area contributed by atoms with Crippen LogP contribution in [0.2, 0.25) is 20.6 Å². The van der Waals surface area contributed by atoms with Crippen molar-refractivity contribution < 1.29 is 89.4 Å². The molecule has 3 N–H and O–H groups in total. The maximum absolute atomic E-state index is 13.4. The maximum Gasteiger partial charge on any atom is 0.452 e. The van der Waals surface area contributed by atoms with Gasteiger partial charge in [0.1, 0.15) is 44.1 Å². The number of ether oxygens (including phenoxy) is 2. The van der Waals surface area contributed by atoms with Crippen LogP contribution < -0.4 is 30.4 Å². The first kappa shape index (κ1) is 111. The van der Waals surface area contributed by atoms with Crippen molar-refractivity contribution in [2.45, 2.75) is 162 Å². The molecular weight excluding hydrogens is 1980 g/mol. The van der Waals surface area contributed by atoms with E-state index in [1.165, 1.54) is 70.8 Å². The average Bonchev–Trinajstić information content (AvgIpc) is 1.62. The van der Waals surface area contributed by atoms with E-state index in [0.717, 1.165) is 133 Å². The number of nitrogens with two attached hydrogens (primary N) is 1. The Kier molecular flexibility index (Phi) is 38.5. The predicted octanol–water partition coefficient (Wildman–Crippen LogP) is 22.2. The fourth-order valence-electron chi connectivity index (χ4n) is 18.4. The number of allylic oxidation sites excluding steroid dienone is 2. The Labute approximate surface area is 855 Å². The number of rotatable bonds is 10. The van der Waals surface area contributed by atoms with Crippen LogP contribution in [-0.4, -0.2) is 177 Å². The number of aliphatic carboxylic acids is 1. The normalized spacial score (nSPS) is 17.5. The van der Waals surface area contributed by atoms with E-state index in [9.17, 15) is 64.7 Å². The van der Waals surface area contributed by atoms with E-state index in [2.05, 4.69) is 163 Å². The van der Waals surface area contributed by atoms with Crippen molar-refractivity contribution in [3.05, 3.63) is 319 Å². The summed E-state index contributed by atoms with van der Waals surface area (Å²) < 4.78 is 76.1. The number of ketones is 1. The number of quaternary nitrogens is 1. The summed E-state index contributed by atoms with van der Waals surface area (Å²) in [5.41, 5.74) is 13.1. The average molecular weight is 2090 g/mol. The Morgan fingerprint density at radius 1 is 0.458 bits per heavy atom. The smallest absolute Gasteiger partial charge is 0.452 e. The topological polar surface area (TPSA) is 292 Å². The van der Waals surface area contributed by atoms with E-state index >= 15 is 0 Å². The van der Waals surface area contributed by atoms with Crippen molar-refractivity contribution in [3.63, 3.8) is 0 Å². The molecule has 4 fully saturated rings. The van der Waals surface area contributed by atoms with E-state index in [4.69, 9.17) is 77.4 Å². The number of pyridine rings is 4. The van der Waals surface area contributed by atoms with Gasteiger partial charge < -0.3 is 54.5 Å². The van der Waals surface area contributed by atoms with Crippen LogP contribution in [0, 0.1) is 5.92 Å². The number of anilines is 4. The fraction of sp³-hybridized carbons (Fsp3) is 0.349. The summed E-state index contributed by atoms with van der Waals surface area (Å²) >= 11 is 37.8. The van der Waals surface area contributed by atoms with E-state index < -0.39 is 45.4 Å². The number of nitrogens with zero attached hydrogens (tertiary/aromatic N) is 9. The quantitative estimate of drug-likeness (QED) is 0.0321. The van der Waals surface area contributed by atoms with Gasteiger partial charge in [-0.3, -0.25) is 28.8 Å². The van der Waals surface area contributed by atoms with E-state index in [-0.39, 0.29) is 56.7 Å². The lowest BCUT2D eigenvalue weighted by Crippen LogP contribution is -2.87. The van der Waals surface area contributed by atoms with Gasteiger partial charge in [0.05, 0.1) is 13.1 Å². The Bertz CT molecular complexity index is 6120. The number of carboxylic acid groups (broad SMARTS) is 1. The molecule has 8 aliphatic rings. The number of para-hydroxylation sites is 4. The largest absolute Gasteiger partial charge is 0.542 e. The minimum Gasteiger partial charge on any atom is -0.542 e. The van der Waals surface area contributed by atoms with Gasteiger partial charge in [0.2, 0.25) is 0 Å². The number of carbonyl (C=O) groups is 9. The van der Waals surface area contributed by atoms with Crippen molar-refractivity contribution in [3.8, 4) is 0 Å². The molecule has 0 radical (unpaired) electrons. The second-order valence-electron chi connectivity index (χ2n) is 37.1. The van der Waals surface area contributed by atoms with Crippen LogP contribution >= 0.6 is 81.2 Å². The van der Waals surface area contributed by atoms with E-state index in [0.29, 0.717) is 63.3 Å². The number of hydrogen-bond donors (Lipinski definition) is 2. The summed E-state index contributed by atoms with van der Waals surface area (Å²) in [6, 6.07) is 66.5. The highest BCUT2D eigenvalue weighted by atomic mass is 35.5. The number of nitrogens with one attached hydrogen (secondary N) is 1. The number of fused-ring (bicyclic) bond motifs is 8. The van der Waals surface area contributed by atoms with Crippen LogP contribution in [0.5, 0.6) is 0 Å². The summed E-state index contributed by atoms with van der Waals surface area (Å²) in [5, 5.41) is 15.4. The maximum atomic E-state index is 13.4.